The molecule has 2 aromatic carbocycles. The molecule has 2 aromatic heterocycles. The number of aliphatic hydroxyl groups excluding tert-OH is 1. The summed E-state index contributed by atoms with van der Waals surface area (Å²) in [6.45, 7) is 5.07. The molecule has 38 nitrogen and oxygen atoms in total. The van der Waals surface area contributed by atoms with Gasteiger partial charge in [-0.3, -0.25) is 62.7 Å². The van der Waals surface area contributed by atoms with Crippen LogP contribution in [0.3, 0.4) is 0 Å². The van der Waals surface area contributed by atoms with Crippen LogP contribution < -0.4 is 81.8 Å². The summed E-state index contributed by atoms with van der Waals surface area (Å²) in [5.41, 5.74) is 29.4. The highest BCUT2D eigenvalue weighted by atomic mass is 16.4. The lowest BCUT2D eigenvalue weighted by Crippen LogP contribution is -2.61. The Morgan fingerprint density at radius 1 is 0.455 bits per heavy atom. The second-order valence-corrected chi connectivity index (χ2v) is 23.5. The van der Waals surface area contributed by atoms with Gasteiger partial charge < -0.3 is 117 Å². The van der Waals surface area contributed by atoms with Crippen LogP contribution in [0, 0.1) is 5.92 Å². The first-order chi connectivity index (χ1) is 46.8. The number of aromatic hydroxyl groups is 2. The number of aliphatic imine (C=N–C) groups is 2. The number of nitrogens with zero attached hydrogens (tertiary/aromatic N) is 4. The number of rotatable bonds is 42. The van der Waals surface area contributed by atoms with Gasteiger partial charge in [-0.25, -0.2) is 14.8 Å². The second-order valence-electron chi connectivity index (χ2n) is 23.5. The summed E-state index contributed by atoms with van der Waals surface area (Å²) in [6, 6.07) is -5.80. The number of phenols is 2. The molecule has 540 valence electrons. The summed E-state index contributed by atoms with van der Waals surface area (Å²) in [6.07, 6.45) is 3.00. The van der Waals surface area contributed by atoms with Crippen LogP contribution >= 0.6 is 0 Å². The van der Waals surface area contributed by atoms with Crippen molar-refractivity contribution >= 4 is 82.9 Å². The molecule has 0 unspecified atom stereocenters. The fourth-order valence-electron chi connectivity index (χ4n) is 9.53. The largest absolute Gasteiger partial charge is 0.508 e. The summed E-state index contributed by atoms with van der Waals surface area (Å²) in [4.78, 5) is 186. The van der Waals surface area contributed by atoms with Crippen molar-refractivity contribution in [3.63, 3.8) is 0 Å². The maximum Gasteiger partial charge on any atom is 0.328 e. The van der Waals surface area contributed by atoms with Gasteiger partial charge in [-0.2, -0.15) is 0 Å². The van der Waals surface area contributed by atoms with E-state index in [1.807, 2.05) is 13.8 Å². The van der Waals surface area contributed by atoms with E-state index in [9.17, 15) is 83.1 Å². The molecule has 0 aliphatic heterocycles. The molecule has 0 aliphatic carbocycles. The van der Waals surface area contributed by atoms with E-state index in [2.05, 4.69) is 83.1 Å². The van der Waals surface area contributed by atoms with Crippen LogP contribution in [0.1, 0.15) is 88.7 Å². The Labute approximate surface area is 567 Å². The zero-order valence-electron chi connectivity index (χ0n) is 54.9. The number of benzene rings is 2. The zero-order valence-corrected chi connectivity index (χ0v) is 54.9. The number of aromatic amines is 2. The van der Waals surface area contributed by atoms with Crippen LogP contribution in [-0.4, -0.2) is 215 Å². The van der Waals surface area contributed by atoms with E-state index < -0.39 is 157 Å². The Kier molecular flexibility index (Phi) is 32.5. The van der Waals surface area contributed by atoms with Gasteiger partial charge in [0.15, 0.2) is 11.9 Å². The Hall–Kier alpha value is -11.4. The monoisotopic (exact) mass is 1390 g/mol. The molecule has 0 aliphatic rings. The van der Waals surface area contributed by atoms with Gasteiger partial charge in [-0.15, -0.1) is 0 Å². The van der Waals surface area contributed by atoms with E-state index in [1.165, 1.54) is 80.5 Å². The van der Waals surface area contributed by atoms with Crippen molar-refractivity contribution in [1.82, 2.24) is 73.1 Å². The van der Waals surface area contributed by atoms with Crippen LogP contribution in [0.25, 0.3) is 0 Å². The SMILES string of the molecule is CC(C)C[C@H](N)C(=O)N[C@@H](Cc1ccc(O)cc1)C(=O)N[C@@H](CCCN=C(N)N)C(=O)N[C@@H](C)C(=O)N[C@@H](Cc1cnc[nH]1)C(=O)N[C@@H](Cc1cnc[nH]1)C(=O)N[C@@H](CC(=O)O)C(=O)N[C@@H](C)C(=O)N[C@@H](Cc1ccc(O)cc1)C(=O)N[C@@H](CCCN=C(N)N)C(=O)N[C@@H](CO)C(=O)O. The maximum atomic E-state index is 14.5. The van der Waals surface area contributed by atoms with Gasteiger partial charge in [0.25, 0.3) is 0 Å². The molecule has 4 aromatic rings. The predicted octanol–water partition coefficient (Wildman–Crippen LogP) is -6.27. The molecule has 11 atom stereocenters. The fourth-order valence-corrected chi connectivity index (χ4v) is 9.53. The minimum atomic E-state index is -1.99. The number of guanidine groups is 2. The Morgan fingerprint density at radius 2 is 0.788 bits per heavy atom. The molecule has 99 heavy (non-hydrogen) atoms. The van der Waals surface area contributed by atoms with Crippen molar-refractivity contribution in [2.24, 2.45) is 44.6 Å². The molecule has 0 radical (unpaired) electrons. The van der Waals surface area contributed by atoms with Crippen LogP contribution in [0.5, 0.6) is 11.5 Å². The number of nitrogens with two attached hydrogens (primary N) is 5. The molecule has 0 saturated carbocycles. The van der Waals surface area contributed by atoms with Crippen LogP contribution in [0.4, 0.5) is 0 Å². The molecule has 10 amide bonds. The second kappa shape index (κ2) is 40.2. The fraction of sp³-hybridized carbons (Fsp3) is 0.475. The number of aromatic nitrogens is 4. The van der Waals surface area contributed by atoms with E-state index in [0.29, 0.717) is 11.1 Å². The predicted molar refractivity (Wildman–Crippen MR) is 353 cm³/mol. The highest BCUT2D eigenvalue weighted by Gasteiger charge is 2.36. The number of amides is 10. The lowest BCUT2D eigenvalue weighted by Gasteiger charge is -2.27. The first-order valence-corrected chi connectivity index (χ1v) is 31.3. The van der Waals surface area contributed by atoms with Crippen molar-refractivity contribution in [3.05, 3.63) is 96.1 Å². The van der Waals surface area contributed by atoms with Crippen LogP contribution in [0.2, 0.25) is 0 Å². The number of hydrogen-bond acceptors (Lipinski definition) is 20. The van der Waals surface area contributed by atoms with Crippen molar-refractivity contribution < 1.29 is 83.1 Å². The number of carbonyl (C=O) groups is 12. The Morgan fingerprint density at radius 3 is 1.14 bits per heavy atom. The number of imidazole rings is 2. The summed E-state index contributed by atoms with van der Waals surface area (Å²) in [5, 5.41) is 73.4. The number of phenolic OH excluding ortho intramolecular Hbond substituents is 2. The number of nitrogens with one attached hydrogen (secondary N) is 12. The summed E-state index contributed by atoms with van der Waals surface area (Å²) in [5.74, 6) is -13.9. The molecule has 4 rings (SSSR count). The molecular formula is C61H89N21O17. The van der Waals surface area contributed by atoms with Gasteiger partial charge in [0.1, 0.15) is 71.9 Å². The third-order valence-electron chi connectivity index (χ3n) is 14.8. The minimum absolute atomic E-state index is 0.00763. The molecular weight excluding hydrogens is 1300 g/mol. The third-order valence-corrected chi connectivity index (χ3v) is 14.8. The minimum Gasteiger partial charge on any atom is -0.508 e. The van der Waals surface area contributed by atoms with Crippen molar-refractivity contribution in [2.75, 3.05) is 19.7 Å². The van der Waals surface area contributed by atoms with E-state index in [-0.39, 0.29) is 105 Å². The lowest BCUT2D eigenvalue weighted by molar-refractivity contribution is -0.143. The summed E-state index contributed by atoms with van der Waals surface area (Å²) >= 11 is 0. The maximum absolute atomic E-state index is 14.5. The van der Waals surface area contributed by atoms with Crippen molar-refractivity contribution in [3.8, 4) is 11.5 Å². The number of aliphatic hydroxyl groups is 1. The molecule has 0 fully saturated rings. The smallest absolute Gasteiger partial charge is 0.328 e. The average Bonchev–Trinajstić information content (AvgIpc) is 1.36. The van der Waals surface area contributed by atoms with Gasteiger partial charge in [0.05, 0.1) is 31.7 Å². The van der Waals surface area contributed by atoms with Crippen molar-refractivity contribution in [1.29, 1.82) is 0 Å². The molecule has 0 bridgehead atoms. The van der Waals surface area contributed by atoms with E-state index in [4.69, 9.17) is 28.7 Å². The van der Waals surface area contributed by atoms with Crippen LogP contribution in [0.15, 0.2) is 83.6 Å². The Balaban J connectivity index is 1.57. The number of H-pyrrole nitrogens is 2. The normalized spacial score (nSPS) is 14.3. The van der Waals surface area contributed by atoms with Gasteiger partial charge in [-0.1, -0.05) is 38.1 Å². The van der Waals surface area contributed by atoms with Gasteiger partial charge in [0, 0.05) is 62.6 Å². The zero-order chi connectivity index (χ0) is 73.5. The number of hydrogen-bond donors (Lipinski definition) is 22. The number of aliphatic carboxylic acids is 2. The average molecular weight is 1390 g/mol. The lowest BCUT2D eigenvalue weighted by atomic mass is 10.0. The molecule has 2 heterocycles. The topological polar surface area (TPSA) is 638 Å². The number of carboxylic acids is 2. The van der Waals surface area contributed by atoms with Crippen molar-refractivity contribution in [2.45, 2.75) is 158 Å². The first kappa shape index (κ1) is 80.0. The van der Waals surface area contributed by atoms with Gasteiger partial charge >= 0.3 is 11.9 Å². The quantitative estimate of drug-likeness (QED) is 0.0111. The molecule has 27 N–H and O–H groups in total. The van der Waals surface area contributed by atoms with Crippen LogP contribution in [-0.2, 0) is 83.2 Å². The number of carbonyl (C=O) groups excluding carboxylic acids is 10. The van der Waals surface area contributed by atoms with E-state index in [1.54, 1.807) is 0 Å². The standard InChI is InChI=1S/C61H89N21O17/c1-30(2)19-39(62)51(90)79-43(21-34-11-15-38(85)16-12-34)56(95)75-40(7-5-17-69-60(63)64)52(91)73-31(3)50(89)78-44(22-35-25-67-28-71-35)57(96)80-45(23-36-26-68-29-72-36)58(97)81-46(24-48(86)87)54(93)74-32(4)49(88)77-42(20-33-9-13-37(84)14-10-33)55(94)76-41(8-6-18-70-61(65)66)53(92)82-47(27-83)59(98)99/h9-16,25-26,28-32,39-47,83-85H,5-8,17-24,27,62H2,1-4H3,(H,67,71)(H,68,72)(H,73,91)(H,74,93)(H,75,95)(H,76,94)(H,77,88)(H,78,89)(H,79,90)(H,80,96)(H,81,97)(H,82,92)(H,86,87)(H,98,99)(H4,63,64,69)(H4,65,66,70)/t31-,32-,39-,40-,41-,42-,43-,44-,45-,46-,47-/m0/s1. The Bertz CT molecular complexity index is 3420. The third kappa shape index (κ3) is 28.8. The van der Waals surface area contributed by atoms with E-state index in [0.717, 1.165) is 6.92 Å². The first-order valence-electron chi connectivity index (χ1n) is 31.3. The molecule has 0 saturated heterocycles. The summed E-state index contributed by atoms with van der Waals surface area (Å²) in [7, 11) is 0. The highest BCUT2D eigenvalue weighted by molar-refractivity contribution is 5.99. The van der Waals surface area contributed by atoms with Gasteiger partial charge in [0.2, 0.25) is 59.1 Å². The van der Waals surface area contributed by atoms with E-state index >= 15 is 0 Å². The summed E-state index contributed by atoms with van der Waals surface area (Å²) < 4.78 is 0. The highest BCUT2D eigenvalue weighted by Crippen LogP contribution is 2.16. The molecule has 38 heteroatoms. The molecule has 0 spiro atoms. The van der Waals surface area contributed by atoms with Gasteiger partial charge in [-0.05, 0) is 87.3 Å². The number of carboxylic acid groups (broad SMARTS) is 2.